The van der Waals surface area contributed by atoms with Crippen molar-refractivity contribution in [1.29, 1.82) is 0 Å². The molecule has 0 saturated carbocycles. The fourth-order valence-corrected chi connectivity index (χ4v) is 3.85. The maximum absolute atomic E-state index is 15.4. The normalized spacial score (nSPS) is 12.6. The average Bonchev–Trinajstić information content (AvgIpc) is 3.43. The van der Waals surface area contributed by atoms with Crippen LogP contribution in [0.15, 0.2) is 55.4 Å². The van der Waals surface area contributed by atoms with E-state index in [1.54, 1.807) is 54.0 Å². The molecule has 1 unspecified atom stereocenters. The molecule has 0 aliphatic carbocycles. The number of pyridine rings is 1. The number of halogens is 1. The summed E-state index contributed by atoms with van der Waals surface area (Å²) in [6, 6.07) is 6.79. The molecule has 5 rings (SSSR count). The Bertz CT molecular complexity index is 1380. The number of fused-ring (bicyclic) bond motifs is 2. The van der Waals surface area contributed by atoms with Gasteiger partial charge in [-0.3, -0.25) is 9.67 Å². The third-order valence-electron chi connectivity index (χ3n) is 5.37. The Morgan fingerprint density at radius 2 is 2.03 bits per heavy atom. The number of benzene rings is 1. The zero-order valence-electron chi connectivity index (χ0n) is 16.9. The molecule has 0 aliphatic heterocycles. The molecule has 4 aromatic heterocycles. The lowest BCUT2D eigenvalue weighted by Gasteiger charge is -2.19. The minimum Gasteiger partial charge on any atom is -0.394 e. The number of aliphatic hydroxyl groups is 1. The van der Waals surface area contributed by atoms with Gasteiger partial charge in [0.15, 0.2) is 11.3 Å². The molecule has 0 radical (unpaired) electrons. The van der Waals surface area contributed by atoms with Crippen molar-refractivity contribution in [1.82, 2.24) is 34.3 Å². The van der Waals surface area contributed by atoms with Crippen molar-refractivity contribution in [3.63, 3.8) is 0 Å². The first-order chi connectivity index (χ1) is 15.2. The first-order valence-corrected chi connectivity index (χ1v) is 10.1. The lowest BCUT2D eigenvalue weighted by atomic mass is 10.0. The Hall–Kier alpha value is -3.72. The molecule has 4 heterocycles. The van der Waals surface area contributed by atoms with Crippen LogP contribution < -0.4 is 0 Å². The molecule has 0 spiro atoms. The number of hydrogen-bond donors (Lipinski definition) is 1. The van der Waals surface area contributed by atoms with E-state index in [-0.39, 0.29) is 18.5 Å². The van der Waals surface area contributed by atoms with Gasteiger partial charge in [-0.1, -0.05) is 13.0 Å². The van der Waals surface area contributed by atoms with Crippen molar-refractivity contribution < 1.29 is 9.50 Å². The summed E-state index contributed by atoms with van der Waals surface area (Å²) >= 11 is 0. The van der Waals surface area contributed by atoms with Crippen LogP contribution >= 0.6 is 0 Å². The smallest absolute Gasteiger partial charge is 0.197 e. The summed E-state index contributed by atoms with van der Waals surface area (Å²) in [5.41, 5.74) is 3.67. The molecule has 0 saturated heterocycles. The second-order valence-corrected chi connectivity index (χ2v) is 7.23. The number of aromatic nitrogens is 7. The molecule has 5 aromatic rings. The second-order valence-electron chi connectivity index (χ2n) is 7.23. The van der Waals surface area contributed by atoms with E-state index >= 15 is 4.39 Å². The highest BCUT2D eigenvalue weighted by atomic mass is 19.1. The summed E-state index contributed by atoms with van der Waals surface area (Å²) in [4.78, 5) is 17.8. The lowest BCUT2D eigenvalue weighted by Crippen LogP contribution is -2.12. The molecule has 1 atom stereocenters. The standard InChI is InChI=1S/C22H20FN7O/c1-2-19(16-5-6-17-15(20(16)23)4-3-7-24-17)30-13-26-21-22(30)28-18(11-25-21)14-10-27-29(12-14)8-9-31/h3-7,10-13,19,31H,2,8-9H2,1H3. The number of hydrogen-bond acceptors (Lipinski definition) is 6. The Balaban J connectivity index is 1.60. The summed E-state index contributed by atoms with van der Waals surface area (Å²) in [5.74, 6) is -0.284. The Morgan fingerprint density at radius 3 is 2.87 bits per heavy atom. The monoisotopic (exact) mass is 417 g/mol. The third kappa shape index (κ3) is 3.32. The van der Waals surface area contributed by atoms with Crippen LogP contribution in [-0.4, -0.2) is 46.0 Å². The number of nitrogens with zero attached hydrogens (tertiary/aromatic N) is 7. The summed E-state index contributed by atoms with van der Waals surface area (Å²) in [5, 5.41) is 13.8. The van der Waals surface area contributed by atoms with E-state index in [4.69, 9.17) is 10.1 Å². The summed E-state index contributed by atoms with van der Waals surface area (Å²) < 4.78 is 18.9. The molecular weight excluding hydrogens is 397 g/mol. The molecule has 0 aliphatic rings. The summed E-state index contributed by atoms with van der Waals surface area (Å²) in [6.45, 7) is 2.41. The molecule has 1 aromatic carbocycles. The van der Waals surface area contributed by atoms with E-state index in [0.29, 0.717) is 46.4 Å². The average molecular weight is 417 g/mol. The highest BCUT2D eigenvalue weighted by molar-refractivity contribution is 5.80. The quantitative estimate of drug-likeness (QED) is 0.455. The predicted molar refractivity (Wildman–Crippen MR) is 114 cm³/mol. The Kier molecular flexibility index (Phi) is 4.87. The molecule has 0 amide bonds. The topological polar surface area (TPSA) is 94.5 Å². The van der Waals surface area contributed by atoms with Gasteiger partial charge in [0.2, 0.25) is 0 Å². The molecule has 156 valence electrons. The van der Waals surface area contributed by atoms with Gasteiger partial charge in [0, 0.05) is 28.9 Å². The summed E-state index contributed by atoms with van der Waals surface area (Å²) in [7, 11) is 0. The maximum Gasteiger partial charge on any atom is 0.197 e. The van der Waals surface area contributed by atoms with Crippen LogP contribution in [0.5, 0.6) is 0 Å². The van der Waals surface area contributed by atoms with Crippen molar-refractivity contribution >= 4 is 22.2 Å². The molecular formula is C22H20FN7O. The van der Waals surface area contributed by atoms with Crippen LogP contribution in [0.1, 0.15) is 24.9 Å². The first kappa shape index (κ1) is 19.3. The van der Waals surface area contributed by atoms with Gasteiger partial charge in [-0.05, 0) is 24.6 Å². The fraction of sp³-hybridized carbons (Fsp3) is 0.227. The largest absolute Gasteiger partial charge is 0.394 e. The van der Waals surface area contributed by atoms with Crippen LogP contribution in [0.3, 0.4) is 0 Å². The SMILES string of the molecule is CCC(c1ccc2ncccc2c1F)n1cnc2ncc(-c3cnn(CCO)c3)nc21. The van der Waals surface area contributed by atoms with Crippen LogP contribution in [0, 0.1) is 5.82 Å². The van der Waals surface area contributed by atoms with Gasteiger partial charge in [-0.25, -0.2) is 19.3 Å². The highest BCUT2D eigenvalue weighted by Crippen LogP contribution is 2.31. The summed E-state index contributed by atoms with van der Waals surface area (Å²) in [6.07, 6.45) is 9.09. The van der Waals surface area contributed by atoms with Gasteiger partial charge in [-0.2, -0.15) is 5.10 Å². The zero-order valence-corrected chi connectivity index (χ0v) is 16.9. The van der Waals surface area contributed by atoms with Gasteiger partial charge in [0.25, 0.3) is 0 Å². The maximum atomic E-state index is 15.4. The zero-order chi connectivity index (χ0) is 21.4. The third-order valence-corrected chi connectivity index (χ3v) is 5.37. The van der Waals surface area contributed by atoms with Crippen LogP contribution in [0.25, 0.3) is 33.5 Å². The number of imidazole rings is 1. The molecule has 8 nitrogen and oxygen atoms in total. The van der Waals surface area contributed by atoms with Crippen molar-refractivity contribution in [3.8, 4) is 11.3 Å². The van der Waals surface area contributed by atoms with E-state index in [2.05, 4.69) is 20.1 Å². The van der Waals surface area contributed by atoms with Crippen molar-refractivity contribution in [3.05, 3.63) is 66.8 Å². The number of rotatable bonds is 6. The van der Waals surface area contributed by atoms with E-state index in [1.807, 2.05) is 17.6 Å². The van der Waals surface area contributed by atoms with E-state index in [9.17, 15) is 0 Å². The van der Waals surface area contributed by atoms with Gasteiger partial charge in [-0.15, -0.1) is 0 Å². The van der Waals surface area contributed by atoms with Gasteiger partial charge < -0.3 is 9.67 Å². The Labute approximate surface area is 177 Å². The van der Waals surface area contributed by atoms with Crippen molar-refractivity contribution in [2.75, 3.05) is 6.61 Å². The predicted octanol–water partition coefficient (Wildman–Crippen LogP) is 3.37. The molecule has 0 bridgehead atoms. The highest BCUT2D eigenvalue weighted by Gasteiger charge is 2.21. The second kappa shape index (κ2) is 7.84. The van der Waals surface area contributed by atoms with Gasteiger partial charge >= 0.3 is 0 Å². The van der Waals surface area contributed by atoms with Crippen LogP contribution in [0.2, 0.25) is 0 Å². The molecule has 1 N–H and O–H groups in total. The van der Waals surface area contributed by atoms with Crippen molar-refractivity contribution in [2.45, 2.75) is 25.9 Å². The van der Waals surface area contributed by atoms with Gasteiger partial charge in [0.1, 0.15) is 5.82 Å². The Morgan fingerprint density at radius 1 is 1.13 bits per heavy atom. The van der Waals surface area contributed by atoms with E-state index < -0.39 is 0 Å². The lowest BCUT2D eigenvalue weighted by molar-refractivity contribution is 0.269. The molecule has 9 heteroatoms. The van der Waals surface area contributed by atoms with Gasteiger partial charge in [0.05, 0.1) is 49.1 Å². The molecule has 0 fully saturated rings. The van der Waals surface area contributed by atoms with Crippen LogP contribution in [-0.2, 0) is 6.54 Å². The van der Waals surface area contributed by atoms with E-state index in [1.165, 1.54) is 0 Å². The first-order valence-electron chi connectivity index (χ1n) is 10.1. The van der Waals surface area contributed by atoms with Crippen molar-refractivity contribution in [2.24, 2.45) is 0 Å². The number of aliphatic hydroxyl groups excluding tert-OH is 1. The minimum absolute atomic E-state index is 0.00360. The van der Waals surface area contributed by atoms with E-state index in [0.717, 1.165) is 5.56 Å². The molecule has 31 heavy (non-hydrogen) atoms. The fourth-order valence-electron chi connectivity index (χ4n) is 3.85. The van der Waals surface area contributed by atoms with Crippen LogP contribution in [0.4, 0.5) is 4.39 Å². The minimum atomic E-state index is -0.295.